The third kappa shape index (κ3) is 5.55. The number of para-hydroxylation sites is 2. The van der Waals surface area contributed by atoms with E-state index in [1.54, 1.807) is 0 Å². The molecule has 0 radical (unpaired) electrons. The van der Waals surface area contributed by atoms with Gasteiger partial charge < -0.3 is 13.4 Å². The summed E-state index contributed by atoms with van der Waals surface area (Å²) in [6.45, 7) is 0. The maximum atomic E-state index is 6.68. The average molecular weight is 832 g/mol. The Balaban J connectivity index is 0.946. The van der Waals surface area contributed by atoms with Crippen molar-refractivity contribution in [1.82, 2.24) is 24.5 Å². The topological polar surface area (TPSA) is 82.8 Å². The summed E-state index contributed by atoms with van der Waals surface area (Å²) in [4.78, 5) is 20.7. The molecule has 0 unspecified atom stereocenters. The number of benzene rings is 10. The number of furan rings is 1. The van der Waals surface area contributed by atoms with E-state index in [0.717, 1.165) is 93.4 Å². The molecule has 302 valence electrons. The predicted octanol–water partition coefficient (Wildman–Crippen LogP) is 15.1. The Bertz CT molecular complexity index is 4200. The van der Waals surface area contributed by atoms with Gasteiger partial charge in [-0.3, -0.25) is 0 Å². The highest BCUT2D eigenvalue weighted by Gasteiger charge is 2.21. The fraction of sp³-hybridized carbons (Fsp3) is 0. The lowest BCUT2D eigenvalue weighted by molar-refractivity contribution is 0.622. The third-order valence-electron chi connectivity index (χ3n) is 12.9. The van der Waals surface area contributed by atoms with Gasteiger partial charge in [-0.1, -0.05) is 127 Å². The molecular formula is C58H33N5O2. The lowest BCUT2D eigenvalue weighted by Crippen LogP contribution is -2.01. The molecule has 0 saturated carbocycles. The molecule has 10 aromatic carbocycles. The molecule has 0 spiro atoms. The molecule has 0 fully saturated rings. The van der Waals surface area contributed by atoms with Crippen LogP contribution in [-0.2, 0) is 0 Å². The first kappa shape index (κ1) is 35.6. The van der Waals surface area contributed by atoms with Crippen LogP contribution in [-0.4, -0.2) is 24.5 Å². The summed E-state index contributed by atoms with van der Waals surface area (Å²) in [5, 5.41) is 10.8. The first-order valence-electron chi connectivity index (χ1n) is 21.7. The normalized spacial score (nSPS) is 12.0. The van der Waals surface area contributed by atoms with Gasteiger partial charge in [0.1, 0.15) is 16.7 Å². The summed E-state index contributed by atoms with van der Waals surface area (Å²) in [6, 6.07) is 69.4. The second-order valence-corrected chi connectivity index (χ2v) is 16.6. The lowest BCUT2D eigenvalue weighted by atomic mass is 10.0. The van der Waals surface area contributed by atoms with Crippen LogP contribution in [0.1, 0.15) is 0 Å². The molecule has 0 saturated heterocycles. The minimum atomic E-state index is 0.565. The minimum Gasteiger partial charge on any atom is -0.456 e. The van der Waals surface area contributed by atoms with Gasteiger partial charge >= 0.3 is 0 Å². The molecule has 7 nitrogen and oxygen atoms in total. The second-order valence-electron chi connectivity index (χ2n) is 16.6. The Morgan fingerprint density at radius 1 is 0.354 bits per heavy atom. The van der Waals surface area contributed by atoms with Crippen molar-refractivity contribution in [3.05, 3.63) is 200 Å². The lowest BCUT2D eigenvalue weighted by Gasteiger charge is -2.12. The van der Waals surface area contributed by atoms with Crippen LogP contribution in [0.25, 0.3) is 138 Å². The van der Waals surface area contributed by atoms with Gasteiger partial charge in [0.2, 0.25) is 5.89 Å². The molecule has 4 heterocycles. The van der Waals surface area contributed by atoms with Gasteiger partial charge in [-0.05, 0) is 105 Å². The standard InChI is InChI=1S/C58H33N5O2/c1-2-12-38-32-40(23-20-34(38)10-1)58-59-47-29-31-51-53(54(47)65-58)52-46-33-39(22-21-36(46)26-30-50(52)64-51)56-60-55(61-57(62-56)45-17-9-13-35-11-3-4-14-42(35)45)37-24-27-41(28-25-37)63-48-18-7-5-15-43(48)44-16-6-8-19-49(44)63/h1-33H. The fourth-order valence-electron chi connectivity index (χ4n) is 9.78. The van der Waals surface area contributed by atoms with Crippen LogP contribution in [0.5, 0.6) is 0 Å². The molecule has 0 aliphatic heterocycles. The van der Waals surface area contributed by atoms with Crippen molar-refractivity contribution in [1.29, 1.82) is 0 Å². The van der Waals surface area contributed by atoms with E-state index in [9.17, 15) is 0 Å². The van der Waals surface area contributed by atoms with E-state index in [1.807, 2.05) is 30.3 Å². The SMILES string of the molecule is c1ccc2cc(-c3nc4ccc5oc6ccc7ccc(-c8nc(-c9ccc(-n%10c%11ccccc%11c%11ccccc%11%10)cc9)nc(-c9cccc%10ccccc9%10)n8)cc7c6c5c4o3)ccc2c1. The molecule has 14 aromatic rings. The van der Waals surface area contributed by atoms with Gasteiger partial charge in [0, 0.05) is 44.1 Å². The summed E-state index contributed by atoms with van der Waals surface area (Å²) in [5.74, 6) is 2.32. The van der Waals surface area contributed by atoms with Crippen LogP contribution in [0.3, 0.4) is 0 Å². The largest absolute Gasteiger partial charge is 0.456 e. The van der Waals surface area contributed by atoms with Crippen LogP contribution in [0.2, 0.25) is 0 Å². The highest BCUT2D eigenvalue weighted by molar-refractivity contribution is 6.25. The summed E-state index contributed by atoms with van der Waals surface area (Å²) < 4.78 is 15.5. The molecule has 0 N–H and O–H groups in total. The first-order chi connectivity index (χ1) is 32.2. The number of oxazole rings is 1. The van der Waals surface area contributed by atoms with E-state index < -0.39 is 0 Å². The minimum absolute atomic E-state index is 0.565. The zero-order valence-electron chi connectivity index (χ0n) is 34.6. The molecule has 4 aromatic heterocycles. The highest BCUT2D eigenvalue weighted by Crippen LogP contribution is 2.42. The third-order valence-corrected chi connectivity index (χ3v) is 12.9. The zero-order valence-corrected chi connectivity index (χ0v) is 34.6. The maximum Gasteiger partial charge on any atom is 0.227 e. The average Bonchev–Trinajstić information content (AvgIpc) is 4.08. The summed E-state index contributed by atoms with van der Waals surface area (Å²) in [5.41, 5.74) is 9.93. The van der Waals surface area contributed by atoms with Crippen LogP contribution in [0.15, 0.2) is 209 Å². The molecule has 0 aliphatic carbocycles. The van der Waals surface area contributed by atoms with Crippen LogP contribution in [0.4, 0.5) is 0 Å². The number of rotatable bonds is 5. The van der Waals surface area contributed by atoms with Gasteiger partial charge in [0.25, 0.3) is 0 Å². The van der Waals surface area contributed by atoms with Gasteiger partial charge in [-0.25, -0.2) is 19.9 Å². The van der Waals surface area contributed by atoms with Crippen molar-refractivity contribution < 1.29 is 8.83 Å². The van der Waals surface area contributed by atoms with E-state index in [1.165, 1.54) is 16.2 Å². The van der Waals surface area contributed by atoms with Gasteiger partial charge in [-0.2, -0.15) is 0 Å². The van der Waals surface area contributed by atoms with Gasteiger partial charge in [-0.15, -0.1) is 0 Å². The number of nitrogens with zero attached hydrogens (tertiary/aromatic N) is 5. The maximum absolute atomic E-state index is 6.68. The molecule has 0 amide bonds. The molecule has 65 heavy (non-hydrogen) atoms. The van der Waals surface area contributed by atoms with E-state index >= 15 is 0 Å². The van der Waals surface area contributed by atoms with Crippen LogP contribution >= 0.6 is 0 Å². The number of fused-ring (bicyclic) bond motifs is 12. The number of hydrogen-bond donors (Lipinski definition) is 0. The second kappa shape index (κ2) is 13.8. The molecule has 14 rings (SSSR count). The van der Waals surface area contributed by atoms with Crippen molar-refractivity contribution in [2.24, 2.45) is 0 Å². The Hall–Kier alpha value is -8.94. The number of aromatic nitrogens is 5. The Labute approximate surface area is 370 Å². The molecule has 0 bridgehead atoms. The molecular weight excluding hydrogens is 799 g/mol. The summed E-state index contributed by atoms with van der Waals surface area (Å²) in [6.07, 6.45) is 0. The molecule has 0 aliphatic rings. The van der Waals surface area contributed by atoms with E-state index in [0.29, 0.717) is 28.9 Å². The monoisotopic (exact) mass is 831 g/mol. The fourth-order valence-corrected chi connectivity index (χ4v) is 9.78. The number of hydrogen-bond acceptors (Lipinski definition) is 6. The predicted molar refractivity (Wildman–Crippen MR) is 263 cm³/mol. The van der Waals surface area contributed by atoms with Gasteiger partial charge in [0.15, 0.2) is 23.1 Å². The van der Waals surface area contributed by atoms with Crippen molar-refractivity contribution in [3.63, 3.8) is 0 Å². The zero-order chi connectivity index (χ0) is 42.6. The Kier molecular flexibility index (Phi) is 7.55. The molecule has 7 heteroatoms. The smallest absolute Gasteiger partial charge is 0.227 e. The molecule has 0 atom stereocenters. The van der Waals surface area contributed by atoms with Gasteiger partial charge in [0.05, 0.1) is 16.4 Å². The van der Waals surface area contributed by atoms with E-state index in [-0.39, 0.29) is 0 Å². The van der Waals surface area contributed by atoms with Crippen LogP contribution < -0.4 is 0 Å². The Morgan fingerprint density at radius 3 is 1.75 bits per heavy atom. The highest BCUT2D eigenvalue weighted by atomic mass is 16.4. The van der Waals surface area contributed by atoms with Crippen LogP contribution in [0, 0.1) is 0 Å². The Morgan fingerprint density at radius 2 is 0.938 bits per heavy atom. The van der Waals surface area contributed by atoms with E-state index in [4.69, 9.17) is 28.8 Å². The summed E-state index contributed by atoms with van der Waals surface area (Å²) >= 11 is 0. The first-order valence-corrected chi connectivity index (χ1v) is 21.7. The van der Waals surface area contributed by atoms with E-state index in [2.05, 4.69) is 174 Å². The van der Waals surface area contributed by atoms with Crippen molar-refractivity contribution in [3.8, 4) is 51.3 Å². The van der Waals surface area contributed by atoms with Crippen molar-refractivity contribution in [2.45, 2.75) is 0 Å². The quantitative estimate of drug-likeness (QED) is 0.172. The van der Waals surface area contributed by atoms with Crippen molar-refractivity contribution >= 4 is 87.2 Å². The summed E-state index contributed by atoms with van der Waals surface area (Å²) in [7, 11) is 0. The van der Waals surface area contributed by atoms with Crippen molar-refractivity contribution in [2.75, 3.05) is 0 Å².